The minimum absolute atomic E-state index is 0.0933. The third kappa shape index (κ3) is 4.74. The van der Waals surface area contributed by atoms with Gasteiger partial charge >= 0.3 is 0 Å². The highest BCUT2D eigenvalue weighted by atomic mass is 32.2. The topological polar surface area (TPSA) is 114 Å². The van der Waals surface area contributed by atoms with Crippen molar-refractivity contribution in [3.63, 3.8) is 0 Å². The third-order valence-electron chi connectivity index (χ3n) is 6.20. The van der Waals surface area contributed by atoms with Crippen molar-refractivity contribution in [1.82, 2.24) is 4.31 Å². The molecule has 2 aromatic carbocycles. The van der Waals surface area contributed by atoms with Gasteiger partial charge in [0, 0.05) is 24.8 Å². The molecule has 182 valence electrons. The van der Waals surface area contributed by atoms with Crippen LogP contribution < -0.4 is 20.1 Å². The van der Waals surface area contributed by atoms with Gasteiger partial charge in [0.25, 0.3) is 5.91 Å². The summed E-state index contributed by atoms with van der Waals surface area (Å²) in [4.78, 5) is 25.1. The standard InChI is InChI=1S/C24H29N3O6S/c1-4-20-24(29)26-19-12-15(2)22(13-21(19)33-20)34(30,31)27-11-5-6-16(14-27)23(28)25-17-7-9-18(32-3)10-8-17/h7-10,12-13,16,20H,4-6,11,14H2,1-3H3,(H,25,28)(H,26,29)/t16-,20-/m1/s1. The molecule has 2 aliphatic heterocycles. The van der Waals surface area contributed by atoms with E-state index in [4.69, 9.17) is 9.47 Å². The Balaban J connectivity index is 1.52. The monoisotopic (exact) mass is 487 g/mol. The van der Waals surface area contributed by atoms with Gasteiger partial charge in [0.05, 0.1) is 23.6 Å². The maximum Gasteiger partial charge on any atom is 0.265 e. The lowest BCUT2D eigenvalue weighted by Crippen LogP contribution is -2.44. The molecule has 4 rings (SSSR count). The van der Waals surface area contributed by atoms with E-state index in [1.165, 1.54) is 10.4 Å². The van der Waals surface area contributed by atoms with Crippen molar-refractivity contribution in [2.75, 3.05) is 30.8 Å². The van der Waals surface area contributed by atoms with Crippen LogP contribution in [0.3, 0.4) is 0 Å². The molecule has 2 heterocycles. The van der Waals surface area contributed by atoms with Crippen LogP contribution in [0, 0.1) is 12.8 Å². The molecule has 34 heavy (non-hydrogen) atoms. The van der Waals surface area contributed by atoms with E-state index in [9.17, 15) is 18.0 Å². The quantitative estimate of drug-likeness (QED) is 0.647. The van der Waals surface area contributed by atoms with Gasteiger partial charge in [-0.05, 0) is 62.1 Å². The number of nitrogens with zero attached hydrogens (tertiary/aromatic N) is 1. The van der Waals surface area contributed by atoms with Gasteiger partial charge in [-0.3, -0.25) is 9.59 Å². The fourth-order valence-corrected chi connectivity index (χ4v) is 6.01. The Bertz CT molecular complexity index is 1200. The fourth-order valence-electron chi connectivity index (χ4n) is 4.26. The van der Waals surface area contributed by atoms with Crippen molar-refractivity contribution < 1.29 is 27.5 Å². The lowest BCUT2D eigenvalue weighted by Gasteiger charge is -2.32. The number of nitrogens with one attached hydrogen (secondary N) is 2. The first-order valence-corrected chi connectivity index (χ1v) is 12.7. The van der Waals surface area contributed by atoms with Crippen molar-refractivity contribution in [2.24, 2.45) is 5.92 Å². The van der Waals surface area contributed by atoms with E-state index in [0.717, 1.165) is 0 Å². The molecule has 0 unspecified atom stereocenters. The molecule has 10 heteroatoms. The van der Waals surface area contributed by atoms with E-state index in [1.54, 1.807) is 44.4 Å². The Morgan fingerprint density at radius 2 is 2.00 bits per heavy atom. The van der Waals surface area contributed by atoms with Gasteiger partial charge in [-0.1, -0.05) is 6.92 Å². The molecule has 0 saturated carbocycles. The summed E-state index contributed by atoms with van der Waals surface area (Å²) in [5.74, 6) is 0.0861. The first kappa shape index (κ1) is 24.0. The van der Waals surface area contributed by atoms with Crippen LogP contribution in [0.1, 0.15) is 31.7 Å². The summed E-state index contributed by atoms with van der Waals surface area (Å²) in [6.45, 7) is 3.94. The molecule has 2 amide bonds. The van der Waals surface area contributed by atoms with Gasteiger partial charge in [-0.15, -0.1) is 0 Å². The average Bonchev–Trinajstić information content (AvgIpc) is 2.83. The number of carbonyl (C=O) groups is 2. The van der Waals surface area contributed by atoms with Crippen molar-refractivity contribution in [1.29, 1.82) is 0 Å². The van der Waals surface area contributed by atoms with E-state index in [2.05, 4.69) is 10.6 Å². The molecule has 0 aromatic heterocycles. The van der Waals surface area contributed by atoms with Crippen molar-refractivity contribution in [3.8, 4) is 11.5 Å². The number of sulfonamides is 1. The Hall–Kier alpha value is -3.11. The zero-order chi connectivity index (χ0) is 24.5. The zero-order valence-corrected chi connectivity index (χ0v) is 20.3. The van der Waals surface area contributed by atoms with E-state index in [-0.39, 0.29) is 23.3 Å². The molecule has 0 aliphatic carbocycles. The predicted molar refractivity (Wildman–Crippen MR) is 128 cm³/mol. The maximum absolute atomic E-state index is 13.5. The molecule has 0 radical (unpaired) electrons. The normalized spacial score (nSPS) is 20.6. The molecule has 2 aliphatic rings. The number of fused-ring (bicyclic) bond motifs is 1. The molecule has 0 bridgehead atoms. The smallest absolute Gasteiger partial charge is 0.265 e. The number of piperidine rings is 1. The molecule has 0 spiro atoms. The molecule has 2 N–H and O–H groups in total. The van der Waals surface area contributed by atoms with Crippen LogP contribution >= 0.6 is 0 Å². The highest BCUT2D eigenvalue weighted by Crippen LogP contribution is 2.36. The van der Waals surface area contributed by atoms with Gasteiger partial charge in [0.2, 0.25) is 15.9 Å². The number of hydrogen-bond acceptors (Lipinski definition) is 6. The number of benzene rings is 2. The molecule has 2 atom stereocenters. The Kier molecular flexibility index (Phi) is 6.81. The summed E-state index contributed by atoms with van der Waals surface area (Å²) in [5.41, 5.74) is 1.59. The van der Waals surface area contributed by atoms with Gasteiger partial charge in [0.15, 0.2) is 6.10 Å². The van der Waals surface area contributed by atoms with Gasteiger partial charge in [-0.25, -0.2) is 8.42 Å². The number of methoxy groups -OCH3 is 1. The highest BCUT2D eigenvalue weighted by Gasteiger charge is 2.36. The van der Waals surface area contributed by atoms with Crippen LogP contribution in [0.25, 0.3) is 0 Å². The van der Waals surface area contributed by atoms with Crippen LogP contribution in [-0.4, -0.2) is 50.8 Å². The van der Waals surface area contributed by atoms with Crippen molar-refractivity contribution >= 4 is 33.2 Å². The molecule has 9 nitrogen and oxygen atoms in total. The molecular formula is C24H29N3O6S. The van der Waals surface area contributed by atoms with Crippen LogP contribution in [0.5, 0.6) is 11.5 Å². The van der Waals surface area contributed by atoms with E-state index in [1.807, 2.05) is 6.92 Å². The lowest BCUT2D eigenvalue weighted by molar-refractivity contribution is -0.123. The molecular weight excluding hydrogens is 458 g/mol. The summed E-state index contributed by atoms with van der Waals surface area (Å²) in [7, 11) is -2.30. The highest BCUT2D eigenvalue weighted by molar-refractivity contribution is 7.89. The summed E-state index contributed by atoms with van der Waals surface area (Å²) in [6.07, 6.45) is 0.990. The second kappa shape index (κ2) is 9.63. The van der Waals surface area contributed by atoms with Crippen LogP contribution in [0.4, 0.5) is 11.4 Å². The average molecular weight is 488 g/mol. The Morgan fingerprint density at radius 3 is 2.68 bits per heavy atom. The summed E-state index contributed by atoms with van der Waals surface area (Å²) < 4.78 is 39.3. The SMILES string of the molecule is CC[C@H]1Oc2cc(S(=O)(=O)N3CCC[C@@H](C(=O)Nc4ccc(OC)cc4)C3)c(C)cc2NC1=O. The first-order chi connectivity index (χ1) is 16.2. The first-order valence-electron chi connectivity index (χ1n) is 11.3. The van der Waals surface area contributed by atoms with E-state index < -0.39 is 22.0 Å². The predicted octanol–water partition coefficient (Wildman–Crippen LogP) is 3.15. The number of aryl methyl sites for hydroxylation is 1. The zero-order valence-electron chi connectivity index (χ0n) is 19.5. The fraction of sp³-hybridized carbons (Fsp3) is 0.417. The number of carbonyl (C=O) groups excluding carboxylic acids is 2. The van der Waals surface area contributed by atoms with Crippen molar-refractivity contribution in [2.45, 2.75) is 44.1 Å². The molecule has 1 saturated heterocycles. The number of ether oxygens (including phenoxy) is 2. The minimum Gasteiger partial charge on any atom is -0.497 e. The third-order valence-corrected chi connectivity index (χ3v) is 8.20. The summed E-state index contributed by atoms with van der Waals surface area (Å²) >= 11 is 0. The number of amides is 2. The van der Waals surface area contributed by atoms with Crippen LogP contribution in [0.15, 0.2) is 41.3 Å². The number of rotatable bonds is 6. The summed E-state index contributed by atoms with van der Waals surface area (Å²) in [5, 5.41) is 5.65. The molecule has 2 aromatic rings. The van der Waals surface area contributed by atoms with Crippen molar-refractivity contribution in [3.05, 3.63) is 42.0 Å². The second-order valence-electron chi connectivity index (χ2n) is 8.54. The Morgan fingerprint density at radius 1 is 1.26 bits per heavy atom. The van der Waals surface area contributed by atoms with Gasteiger partial charge in [-0.2, -0.15) is 4.31 Å². The maximum atomic E-state index is 13.5. The number of anilines is 2. The second-order valence-corrected chi connectivity index (χ2v) is 10.4. The minimum atomic E-state index is -3.87. The lowest BCUT2D eigenvalue weighted by atomic mass is 9.99. The number of hydrogen-bond donors (Lipinski definition) is 2. The largest absolute Gasteiger partial charge is 0.497 e. The van der Waals surface area contributed by atoms with Gasteiger partial charge < -0.3 is 20.1 Å². The van der Waals surface area contributed by atoms with Gasteiger partial charge in [0.1, 0.15) is 11.5 Å². The Labute approximate surface area is 199 Å². The van der Waals surface area contributed by atoms with Crippen LogP contribution in [-0.2, 0) is 19.6 Å². The molecule has 1 fully saturated rings. The van der Waals surface area contributed by atoms with E-state index in [0.29, 0.717) is 54.2 Å². The van der Waals surface area contributed by atoms with Crippen LogP contribution in [0.2, 0.25) is 0 Å². The van der Waals surface area contributed by atoms with E-state index >= 15 is 0 Å². The summed E-state index contributed by atoms with van der Waals surface area (Å²) in [6, 6.07) is 10.1.